The zero-order valence-corrected chi connectivity index (χ0v) is 12.1. The third-order valence-corrected chi connectivity index (χ3v) is 4.19. The molecule has 1 amide bonds. The molecular formula is C15H20N4O2. The third kappa shape index (κ3) is 2.71. The summed E-state index contributed by atoms with van der Waals surface area (Å²) in [7, 11) is 1.87. The Kier molecular flexibility index (Phi) is 3.79. The largest absolute Gasteiger partial charge is 0.391 e. The third-order valence-electron chi connectivity index (χ3n) is 4.19. The minimum absolute atomic E-state index is 0.0151. The molecule has 1 N–H and O–H groups in total. The van der Waals surface area contributed by atoms with E-state index in [1.165, 1.54) is 0 Å². The molecule has 112 valence electrons. The van der Waals surface area contributed by atoms with Gasteiger partial charge in [-0.25, -0.2) is 4.98 Å². The van der Waals surface area contributed by atoms with Crippen LogP contribution in [0.1, 0.15) is 29.4 Å². The summed E-state index contributed by atoms with van der Waals surface area (Å²) in [6.45, 7) is 1.22. The number of amides is 1. The molecule has 0 radical (unpaired) electrons. The summed E-state index contributed by atoms with van der Waals surface area (Å²) in [6.07, 6.45) is 8.03. The topological polar surface area (TPSA) is 63.3 Å². The normalized spacial score (nSPS) is 23.0. The Labute approximate surface area is 123 Å². The first kappa shape index (κ1) is 13.9. The monoisotopic (exact) mass is 288 g/mol. The van der Waals surface area contributed by atoms with Crippen molar-refractivity contribution in [3.05, 3.63) is 42.7 Å². The smallest absolute Gasteiger partial charge is 0.270 e. The predicted octanol–water partition coefficient (Wildman–Crippen LogP) is 1.06. The first-order valence-corrected chi connectivity index (χ1v) is 7.23. The maximum Gasteiger partial charge on any atom is 0.270 e. The number of carbonyl (C=O) groups excluding carboxylic acids is 1. The summed E-state index contributed by atoms with van der Waals surface area (Å²) >= 11 is 0. The van der Waals surface area contributed by atoms with Gasteiger partial charge in [0.1, 0.15) is 5.69 Å². The molecule has 0 saturated carbocycles. The number of likely N-dealkylation sites (tertiary alicyclic amines) is 1. The van der Waals surface area contributed by atoms with Gasteiger partial charge in [-0.1, -0.05) is 0 Å². The second-order valence-electron chi connectivity index (χ2n) is 5.52. The van der Waals surface area contributed by atoms with Gasteiger partial charge in [-0.3, -0.25) is 4.79 Å². The SMILES string of the molecule is Cn1cccc1C(=O)N1CC[C@H](O)[C@@H](n2ccnc2)CC1. The molecular weight excluding hydrogens is 268 g/mol. The van der Waals surface area contributed by atoms with Gasteiger partial charge in [0.15, 0.2) is 0 Å². The second kappa shape index (κ2) is 5.73. The zero-order valence-electron chi connectivity index (χ0n) is 12.1. The van der Waals surface area contributed by atoms with Gasteiger partial charge in [0, 0.05) is 38.7 Å². The van der Waals surface area contributed by atoms with Gasteiger partial charge in [-0.15, -0.1) is 0 Å². The van der Waals surface area contributed by atoms with Crippen LogP contribution in [0.5, 0.6) is 0 Å². The van der Waals surface area contributed by atoms with Crippen LogP contribution in [-0.4, -0.2) is 49.2 Å². The average Bonchev–Trinajstić information content (AvgIpc) is 3.09. The molecule has 1 aliphatic heterocycles. The molecule has 0 unspecified atom stereocenters. The molecule has 21 heavy (non-hydrogen) atoms. The maximum atomic E-state index is 12.5. The van der Waals surface area contributed by atoms with Crippen LogP contribution in [0.25, 0.3) is 0 Å². The number of hydrogen-bond acceptors (Lipinski definition) is 3. The van der Waals surface area contributed by atoms with Crippen molar-refractivity contribution in [2.45, 2.75) is 25.0 Å². The Balaban J connectivity index is 1.73. The number of aromatic nitrogens is 3. The molecule has 6 nitrogen and oxygen atoms in total. The van der Waals surface area contributed by atoms with Crippen molar-refractivity contribution in [3.8, 4) is 0 Å². The van der Waals surface area contributed by atoms with E-state index in [0.29, 0.717) is 25.2 Å². The minimum atomic E-state index is -0.453. The van der Waals surface area contributed by atoms with E-state index < -0.39 is 6.10 Å². The summed E-state index contributed by atoms with van der Waals surface area (Å²) in [6, 6.07) is 3.68. The van der Waals surface area contributed by atoms with Crippen molar-refractivity contribution in [1.82, 2.24) is 19.0 Å². The van der Waals surface area contributed by atoms with Crippen LogP contribution in [0.3, 0.4) is 0 Å². The fourth-order valence-electron chi connectivity index (χ4n) is 2.93. The molecule has 0 bridgehead atoms. The van der Waals surface area contributed by atoms with Gasteiger partial charge in [0.05, 0.1) is 18.5 Å². The molecule has 0 aliphatic carbocycles. The molecule has 2 atom stereocenters. The number of nitrogens with zero attached hydrogens (tertiary/aromatic N) is 4. The Morgan fingerprint density at radius 3 is 2.81 bits per heavy atom. The number of aryl methyl sites for hydroxylation is 1. The molecule has 3 rings (SSSR count). The Hall–Kier alpha value is -2.08. The molecule has 3 heterocycles. The highest BCUT2D eigenvalue weighted by Crippen LogP contribution is 2.23. The van der Waals surface area contributed by atoms with E-state index in [-0.39, 0.29) is 11.9 Å². The predicted molar refractivity (Wildman–Crippen MR) is 77.8 cm³/mol. The lowest BCUT2D eigenvalue weighted by Gasteiger charge is -2.21. The van der Waals surface area contributed by atoms with Crippen LogP contribution >= 0.6 is 0 Å². The van der Waals surface area contributed by atoms with Crippen molar-refractivity contribution in [2.24, 2.45) is 7.05 Å². The molecule has 1 aliphatic rings. The fourth-order valence-corrected chi connectivity index (χ4v) is 2.93. The van der Waals surface area contributed by atoms with Gasteiger partial charge in [0.2, 0.25) is 0 Å². The highest BCUT2D eigenvalue weighted by molar-refractivity contribution is 5.92. The Morgan fingerprint density at radius 1 is 1.33 bits per heavy atom. The van der Waals surface area contributed by atoms with Gasteiger partial charge in [-0.05, 0) is 25.0 Å². The molecule has 1 saturated heterocycles. The first-order valence-electron chi connectivity index (χ1n) is 7.23. The summed E-state index contributed by atoms with van der Waals surface area (Å²) in [4.78, 5) is 18.4. The molecule has 2 aromatic rings. The number of aliphatic hydroxyl groups is 1. The molecule has 1 fully saturated rings. The van der Waals surface area contributed by atoms with Crippen LogP contribution in [0.15, 0.2) is 37.1 Å². The van der Waals surface area contributed by atoms with Crippen molar-refractivity contribution in [1.29, 1.82) is 0 Å². The number of carbonyl (C=O) groups is 1. The molecule has 6 heteroatoms. The van der Waals surface area contributed by atoms with Crippen LogP contribution in [-0.2, 0) is 7.05 Å². The first-order chi connectivity index (χ1) is 10.2. The number of rotatable bonds is 2. The quantitative estimate of drug-likeness (QED) is 0.899. The average molecular weight is 288 g/mol. The van der Waals surface area contributed by atoms with E-state index in [0.717, 1.165) is 6.42 Å². The van der Waals surface area contributed by atoms with E-state index in [2.05, 4.69) is 4.98 Å². The van der Waals surface area contributed by atoms with Gasteiger partial charge in [0.25, 0.3) is 5.91 Å². The van der Waals surface area contributed by atoms with Crippen LogP contribution in [0.2, 0.25) is 0 Å². The highest BCUT2D eigenvalue weighted by atomic mass is 16.3. The minimum Gasteiger partial charge on any atom is -0.391 e. The van der Waals surface area contributed by atoms with Crippen LogP contribution in [0.4, 0.5) is 0 Å². The zero-order chi connectivity index (χ0) is 14.8. The lowest BCUT2D eigenvalue weighted by atomic mass is 10.1. The van der Waals surface area contributed by atoms with Gasteiger partial charge < -0.3 is 19.1 Å². The summed E-state index contributed by atoms with van der Waals surface area (Å²) in [5, 5.41) is 10.3. The van der Waals surface area contributed by atoms with E-state index in [9.17, 15) is 9.90 Å². The van der Waals surface area contributed by atoms with E-state index in [1.807, 2.05) is 45.6 Å². The van der Waals surface area contributed by atoms with Crippen molar-refractivity contribution in [2.75, 3.05) is 13.1 Å². The van der Waals surface area contributed by atoms with Crippen molar-refractivity contribution < 1.29 is 9.90 Å². The van der Waals surface area contributed by atoms with Crippen molar-refractivity contribution in [3.63, 3.8) is 0 Å². The standard InChI is InChI=1S/C15H20N4O2/c1-17-7-2-3-13(17)15(21)18-8-4-12(14(20)5-9-18)19-10-6-16-11-19/h2-3,6-7,10-12,14,20H,4-5,8-9H2,1H3/t12-,14-/m0/s1. The summed E-state index contributed by atoms with van der Waals surface area (Å²) in [5.41, 5.74) is 0.686. The molecule has 0 spiro atoms. The lowest BCUT2D eigenvalue weighted by molar-refractivity contribution is 0.0742. The van der Waals surface area contributed by atoms with E-state index >= 15 is 0 Å². The maximum absolute atomic E-state index is 12.5. The van der Waals surface area contributed by atoms with E-state index in [4.69, 9.17) is 0 Å². The number of aliphatic hydroxyl groups excluding tert-OH is 1. The van der Waals surface area contributed by atoms with Gasteiger partial charge >= 0.3 is 0 Å². The number of imidazole rings is 1. The number of hydrogen-bond donors (Lipinski definition) is 1. The Morgan fingerprint density at radius 2 is 2.14 bits per heavy atom. The summed E-state index contributed by atoms with van der Waals surface area (Å²) in [5.74, 6) is 0.0287. The Bertz CT molecular complexity index is 605. The fraction of sp³-hybridized carbons (Fsp3) is 0.467. The second-order valence-corrected chi connectivity index (χ2v) is 5.52. The van der Waals surface area contributed by atoms with Crippen LogP contribution in [0, 0.1) is 0 Å². The van der Waals surface area contributed by atoms with Gasteiger partial charge in [-0.2, -0.15) is 0 Å². The highest BCUT2D eigenvalue weighted by Gasteiger charge is 2.28. The van der Waals surface area contributed by atoms with Crippen LogP contribution < -0.4 is 0 Å². The summed E-state index contributed by atoms with van der Waals surface area (Å²) < 4.78 is 3.76. The lowest BCUT2D eigenvalue weighted by Crippen LogP contribution is -2.33. The molecule has 0 aromatic carbocycles. The van der Waals surface area contributed by atoms with Crippen molar-refractivity contribution >= 4 is 5.91 Å². The molecule has 2 aromatic heterocycles. The van der Waals surface area contributed by atoms with E-state index in [1.54, 1.807) is 12.5 Å².